The summed E-state index contributed by atoms with van der Waals surface area (Å²) in [5.74, 6) is -0.961. The summed E-state index contributed by atoms with van der Waals surface area (Å²) >= 11 is 0. The van der Waals surface area contributed by atoms with E-state index in [0.717, 1.165) is 5.69 Å². The number of carbonyl (C=O) groups excluding carboxylic acids is 2. The molecule has 156 valence electrons. The fourth-order valence-electron chi connectivity index (χ4n) is 3.38. The standard InChI is InChI=1S/C19H24N4O5S/c1-3-14(2)23(17-8-9-29(26,27)11-17)18(24)10-28-19(25)15-4-6-16(7-5-15)22-13-20-12-21-22/h4-7,12-14,17H,3,8-11H2,1-2H3/t14-,17+/m0/s1. The molecule has 1 aliphatic heterocycles. The predicted octanol–water partition coefficient (Wildman–Crippen LogP) is 1.24. The largest absolute Gasteiger partial charge is 0.452 e. The molecule has 0 N–H and O–H groups in total. The van der Waals surface area contributed by atoms with Crippen LogP contribution >= 0.6 is 0 Å². The molecule has 1 aromatic heterocycles. The number of aromatic nitrogens is 3. The van der Waals surface area contributed by atoms with Crippen molar-refractivity contribution in [2.75, 3.05) is 18.1 Å². The molecule has 0 spiro atoms. The molecule has 1 fully saturated rings. The highest BCUT2D eigenvalue weighted by Crippen LogP contribution is 2.21. The fraction of sp³-hybridized carbons (Fsp3) is 0.474. The van der Waals surface area contributed by atoms with Crippen LogP contribution in [0, 0.1) is 0 Å². The van der Waals surface area contributed by atoms with Crippen LogP contribution < -0.4 is 0 Å². The summed E-state index contributed by atoms with van der Waals surface area (Å²) in [5.41, 5.74) is 1.04. The Morgan fingerprint density at radius 1 is 1.31 bits per heavy atom. The molecule has 0 bridgehead atoms. The van der Waals surface area contributed by atoms with Crippen molar-refractivity contribution in [2.45, 2.75) is 38.8 Å². The Labute approximate surface area is 169 Å². The van der Waals surface area contributed by atoms with Crippen LogP contribution in [0.5, 0.6) is 0 Å². The van der Waals surface area contributed by atoms with E-state index in [0.29, 0.717) is 18.4 Å². The highest BCUT2D eigenvalue weighted by molar-refractivity contribution is 7.91. The lowest BCUT2D eigenvalue weighted by Gasteiger charge is -2.33. The number of ether oxygens (including phenoxy) is 1. The molecular formula is C19H24N4O5S. The molecule has 2 heterocycles. The minimum Gasteiger partial charge on any atom is -0.452 e. The molecule has 1 saturated heterocycles. The number of nitrogens with zero attached hydrogens (tertiary/aromatic N) is 4. The smallest absolute Gasteiger partial charge is 0.338 e. The van der Waals surface area contributed by atoms with E-state index in [1.165, 1.54) is 6.33 Å². The number of hydrogen-bond donors (Lipinski definition) is 0. The van der Waals surface area contributed by atoms with Gasteiger partial charge in [-0.2, -0.15) is 5.10 Å². The Balaban J connectivity index is 1.62. The van der Waals surface area contributed by atoms with Gasteiger partial charge in [-0.15, -0.1) is 0 Å². The second-order valence-electron chi connectivity index (χ2n) is 7.08. The number of sulfone groups is 1. The van der Waals surface area contributed by atoms with E-state index in [-0.39, 0.29) is 29.5 Å². The van der Waals surface area contributed by atoms with Crippen molar-refractivity contribution in [1.82, 2.24) is 19.7 Å². The SMILES string of the molecule is CC[C@H](C)N(C(=O)COC(=O)c1ccc(-n2cncn2)cc1)[C@@H]1CCS(=O)(=O)C1. The van der Waals surface area contributed by atoms with E-state index in [2.05, 4.69) is 10.1 Å². The van der Waals surface area contributed by atoms with Crippen molar-refractivity contribution < 1.29 is 22.7 Å². The van der Waals surface area contributed by atoms with Gasteiger partial charge in [-0.3, -0.25) is 4.79 Å². The van der Waals surface area contributed by atoms with Gasteiger partial charge in [0.25, 0.3) is 5.91 Å². The first-order valence-corrected chi connectivity index (χ1v) is 11.3. The van der Waals surface area contributed by atoms with Crippen LogP contribution in [-0.2, 0) is 19.4 Å². The molecule has 3 rings (SSSR count). The number of hydrogen-bond acceptors (Lipinski definition) is 7. The van der Waals surface area contributed by atoms with Gasteiger partial charge in [0.1, 0.15) is 12.7 Å². The lowest BCUT2D eigenvalue weighted by atomic mass is 10.1. The van der Waals surface area contributed by atoms with E-state index in [1.807, 2.05) is 13.8 Å². The number of esters is 1. The highest BCUT2D eigenvalue weighted by atomic mass is 32.2. The molecule has 0 radical (unpaired) electrons. The first kappa shape index (κ1) is 21.0. The Hall–Kier alpha value is -2.75. The lowest BCUT2D eigenvalue weighted by Crippen LogP contribution is -2.48. The molecular weight excluding hydrogens is 396 g/mol. The third-order valence-electron chi connectivity index (χ3n) is 5.07. The van der Waals surface area contributed by atoms with Gasteiger partial charge in [-0.05, 0) is 44.0 Å². The summed E-state index contributed by atoms with van der Waals surface area (Å²) in [6, 6.07) is 6.05. The minimum absolute atomic E-state index is 0.0409. The zero-order chi connectivity index (χ0) is 21.0. The van der Waals surface area contributed by atoms with Crippen LogP contribution in [0.15, 0.2) is 36.9 Å². The third-order valence-corrected chi connectivity index (χ3v) is 6.82. The Morgan fingerprint density at radius 2 is 2.03 bits per heavy atom. The number of benzene rings is 1. The molecule has 1 aromatic carbocycles. The monoisotopic (exact) mass is 420 g/mol. The van der Waals surface area contributed by atoms with Gasteiger partial charge >= 0.3 is 5.97 Å². The number of carbonyl (C=O) groups is 2. The second-order valence-corrected chi connectivity index (χ2v) is 9.31. The summed E-state index contributed by atoms with van der Waals surface area (Å²) in [4.78, 5) is 30.5. The molecule has 1 amide bonds. The average molecular weight is 420 g/mol. The minimum atomic E-state index is -3.13. The van der Waals surface area contributed by atoms with Crippen LogP contribution in [0.3, 0.4) is 0 Å². The molecule has 0 unspecified atom stereocenters. The van der Waals surface area contributed by atoms with Gasteiger partial charge in [-0.1, -0.05) is 6.92 Å². The molecule has 0 saturated carbocycles. The quantitative estimate of drug-likeness (QED) is 0.620. The maximum Gasteiger partial charge on any atom is 0.338 e. The maximum atomic E-state index is 12.7. The summed E-state index contributed by atoms with van der Waals surface area (Å²) in [6.07, 6.45) is 4.04. The zero-order valence-corrected chi connectivity index (χ0v) is 17.2. The van der Waals surface area contributed by atoms with Crippen LogP contribution in [0.4, 0.5) is 0 Å². The zero-order valence-electron chi connectivity index (χ0n) is 16.4. The van der Waals surface area contributed by atoms with E-state index in [4.69, 9.17) is 4.74 Å². The molecule has 9 nitrogen and oxygen atoms in total. The second kappa shape index (κ2) is 8.73. The third kappa shape index (κ3) is 5.00. The lowest BCUT2D eigenvalue weighted by molar-refractivity contribution is -0.138. The van der Waals surface area contributed by atoms with Gasteiger partial charge in [0.2, 0.25) is 0 Å². The summed E-state index contributed by atoms with van der Waals surface area (Å²) in [6.45, 7) is 3.37. The van der Waals surface area contributed by atoms with Crippen molar-refractivity contribution in [3.05, 3.63) is 42.5 Å². The molecule has 0 aliphatic carbocycles. The van der Waals surface area contributed by atoms with Crippen molar-refractivity contribution in [3.63, 3.8) is 0 Å². The number of amides is 1. The van der Waals surface area contributed by atoms with Crippen molar-refractivity contribution in [3.8, 4) is 5.69 Å². The summed E-state index contributed by atoms with van der Waals surface area (Å²) in [5, 5.41) is 4.01. The van der Waals surface area contributed by atoms with Crippen molar-refractivity contribution in [2.24, 2.45) is 0 Å². The summed E-state index contributed by atoms with van der Waals surface area (Å²) < 4.78 is 30.4. The van der Waals surface area contributed by atoms with Crippen LogP contribution in [-0.4, -0.2) is 70.2 Å². The van der Waals surface area contributed by atoms with Gasteiger partial charge in [-0.25, -0.2) is 22.9 Å². The molecule has 2 aromatic rings. The van der Waals surface area contributed by atoms with Crippen LogP contribution in [0.1, 0.15) is 37.0 Å². The normalized spacial score (nSPS) is 18.9. The molecule has 2 atom stereocenters. The van der Waals surface area contributed by atoms with Crippen LogP contribution in [0.2, 0.25) is 0 Å². The van der Waals surface area contributed by atoms with Gasteiger partial charge in [0.05, 0.1) is 22.8 Å². The first-order chi connectivity index (χ1) is 13.8. The Morgan fingerprint density at radius 3 is 2.59 bits per heavy atom. The van der Waals surface area contributed by atoms with Crippen molar-refractivity contribution >= 4 is 21.7 Å². The topological polar surface area (TPSA) is 111 Å². The predicted molar refractivity (Wildman–Crippen MR) is 105 cm³/mol. The van der Waals surface area contributed by atoms with Crippen molar-refractivity contribution in [1.29, 1.82) is 0 Å². The molecule has 1 aliphatic rings. The molecule has 10 heteroatoms. The average Bonchev–Trinajstić information content (AvgIpc) is 3.36. The number of rotatable bonds is 7. The first-order valence-electron chi connectivity index (χ1n) is 9.44. The Bertz CT molecular complexity index is 957. The maximum absolute atomic E-state index is 12.7. The van der Waals surface area contributed by atoms with Gasteiger partial charge in [0, 0.05) is 12.1 Å². The van der Waals surface area contributed by atoms with E-state index >= 15 is 0 Å². The van der Waals surface area contributed by atoms with Gasteiger partial charge in [0.15, 0.2) is 16.4 Å². The van der Waals surface area contributed by atoms with E-state index in [1.54, 1.807) is 40.2 Å². The fourth-order valence-corrected chi connectivity index (χ4v) is 5.09. The van der Waals surface area contributed by atoms with Crippen LogP contribution in [0.25, 0.3) is 5.69 Å². The molecule has 29 heavy (non-hydrogen) atoms. The Kier molecular flexibility index (Phi) is 6.31. The van der Waals surface area contributed by atoms with E-state index in [9.17, 15) is 18.0 Å². The van der Waals surface area contributed by atoms with E-state index < -0.39 is 22.4 Å². The summed E-state index contributed by atoms with van der Waals surface area (Å²) in [7, 11) is -3.13. The highest BCUT2D eigenvalue weighted by Gasteiger charge is 2.36. The van der Waals surface area contributed by atoms with Gasteiger partial charge < -0.3 is 9.64 Å².